The normalized spacial score (nSPS) is 11.2. The molecule has 0 aromatic heterocycles. The largest absolute Gasteiger partial charge is 0.396 e. The van der Waals surface area contributed by atoms with Crippen molar-refractivity contribution in [1.29, 1.82) is 0 Å². The number of nitrogens with zero attached hydrogens (tertiary/aromatic N) is 1. The molecule has 0 rings (SSSR count). The quantitative estimate of drug-likeness (QED) is 0.535. The van der Waals surface area contributed by atoms with Gasteiger partial charge >= 0.3 is 0 Å². The summed E-state index contributed by atoms with van der Waals surface area (Å²) in [6, 6.07) is 0. The zero-order chi connectivity index (χ0) is 11.4. The molecule has 0 atom stereocenters. The van der Waals surface area contributed by atoms with Gasteiger partial charge in [0.1, 0.15) is 0 Å². The molecule has 0 radical (unpaired) electrons. The Morgan fingerprint density at radius 2 is 1.20 bits per heavy atom. The average Bonchev–Trinajstić information content (AvgIpc) is 2.27. The van der Waals surface area contributed by atoms with Crippen LogP contribution in [0.5, 0.6) is 0 Å². The molecule has 0 amide bonds. The van der Waals surface area contributed by atoms with E-state index in [0.29, 0.717) is 6.61 Å². The van der Waals surface area contributed by atoms with Crippen LogP contribution in [0.3, 0.4) is 0 Å². The minimum atomic E-state index is 0.363. The summed E-state index contributed by atoms with van der Waals surface area (Å²) >= 11 is 0. The van der Waals surface area contributed by atoms with Gasteiger partial charge in [-0.3, -0.25) is 0 Å². The third kappa shape index (κ3) is 10.2. The van der Waals surface area contributed by atoms with Crippen molar-refractivity contribution < 1.29 is 5.11 Å². The van der Waals surface area contributed by atoms with Gasteiger partial charge < -0.3 is 10.0 Å². The maximum Gasteiger partial charge on any atom is 0.0431 e. The summed E-state index contributed by atoms with van der Waals surface area (Å²) in [7, 11) is 0. The summed E-state index contributed by atoms with van der Waals surface area (Å²) < 4.78 is 0. The standard InChI is InChI=1S/C13H29NO/c1-3-14(4-2)12-10-8-6-5-7-9-11-13-15/h15H,3-13H2,1-2H3. The van der Waals surface area contributed by atoms with Gasteiger partial charge in [-0.1, -0.05) is 46.0 Å². The molecule has 0 aliphatic heterocycles. The Kier molecular flexibility index (Phi) is 11.9. The van der Waals surface area contributed by atoms with E-state index >= 15 is 0 Å². The van der Waals surface area contributed by atoms with Crippen molar-refractivity contribution in [3.8, 4) is 0 Å². The predicted molar refractivity (Wildman–Crippen MR) is 67.2 cm³/mol. The van der Waals surface area contributed by atoms with Gasteiger partial charge in [-0.05, 0) is 32.5 Å². The van der Waals surface area contributed by atoms with Crippen LogP contribution in [0.15, 0.2) is 0 Å². The molecular formula is C13H29NO. The summed E-state index contributed by atoms with van der Waals surface area (Å²) in [6.45, 7) is 8.47. The van der Waals surface area contributed by atoms with Crippen LogP contribution in [-0.4, -0.2) is 36.2 Å². The van der Waals surface area contributed by atoms with Crippen molar-refractivity contribution in [3.05, 3.63) is 0 Å². The lowest BCUT2D eigenvalue weighted by molar-refractivity contribution is 0.281. The fraction of sp³-hybridized carbons (Fsp3) is 1.00. The molecule has 2 heteroatoms. The zero-order valence-electron chi connectivity index (χ0n) is 10.7. The van der Waals surface area contributed by atoms with E-state index in [4.69, 9.17) is 5.11 Å². The van der Waals surface area contributed by atoms with Crippen LogP contribution in [0.1, 0.15) is 58.8 Å². The highest BCUT2D eigenvalue weighted by molar-refractivity contribution is 4.53. The van der Waals surface area contributed by atoms with E-state index < -0.39 is 0 Å². The van der Waals surface area contributed by atoms with E-state index in [0.717, 1.165) is 6.42 Å². The monoisotopic (exact) mass is 215 g/mol. The van der Waals surface area contributed by atoms with Crippen molar-refractivity contribution in [1.82, 2.24) is 4.90 Å². The SMILES string of the molecule is CCN(CC)CCCCCCCCCO. The molecule has 0 aromatic rings. The first kappa shape index (κ1) is 14.9. The lowest BCUT2D eigenvalue weighted by Gasteiger charge is -2.17. The fourth-order valence-corrected chi connectivity index (χ4v) is 1.87. The Bertz CT molecular complexity index is 113. The first-order valence-corrected chi connectivity index (χ1v) is 6.68. The van der Waals surface area contributed by atoms with E-state index in [2.05, 4.69) is 18.7 Å². The molecule has 0 bridgehead atoms. The van der Waals surface area contributed by atoms with Crippen LogP contribution in [0.4, 0.5) is 0 Å². The number of aliphatic hydroxyl groups is 1. The summed E-state index contributed by atoms with van der Waals surface area (Å²) in [6.07, 6.45) is 8.92. The minimum Gasteiger partial charge on any atom is -0.396 e. The van der Waals surface area contributed by atoms with E-state index in [-0.39, 0.29) is 0 Å². The van der Waals surface area contributed by atoms with Gasteiger partial charge in [0.25, 0.3) is 0 Å². The highest BCUT2D eigenvalue weighted by Crippen LogP contribution is 2.07. The second kappa shape index (κ2) is 12.0. The predicted octanol–water partition coefficient (Wildman–Crippen LogP) is 3.05. The second-order valence-corrected chi connectivity index (χ2v) is 4.23. The maximum absolute atomic E-state index is 8.62. The summed E-state index contributed by atoms with van der Waals surface area (Å²) in [5.74, 6) is 0. The van der Waals surface area contributed by atoms with Crippen molar-refractivity contribution in [3.63, 3.8) is 0 Å². The first-order valence-electron chi connectivity index (χ1n) is 6.68. The Labute approximate surface area is 95.7 Å². The maximum atomic E-state index is 8.62. The van der Waals surface area contributed by atoms with Crippen molar-refractivity contribution in [2.75, 3.05) is 26.2 Å². The van der Waals surface area contributed by atoms with Crippen molar-refractivity contribution >= 4 is 0 Å². The number of hydrogen-bond acceptors (Lipinski definition) is 2. The fourth-order valence-electron chi connectivity index (χ4n) is 1.87. The molecule has 0 unspecified atom stereocenters. The Balaban J connectivity index is 3.04. The number of rotatable bonds is 11. The lowest BCUT2D eigenvalue weighted by atomic mass is 10.1. The van der Waals surface area contributed by atoms with E-state index in [1.165, 1.54) is 58.2 Å². The average molecular weight is 215 g/mol. The Morgan fingerprint density at radius 1 is 0.733 bits per heavy atom. The van der Waals surface area contributed by atoms with Gasteiger partial charge in [0.2, 0.25) is 0 Å². The number of hydrogen-bond donors (Lipinski definition) is 1. The van der Waals surface area contributed by atoms with Crippen molar-refractivity contribution in [2.45, 2.75) is 58.8 Å². The Hall–Kier alpha value is -0.0800. The van der Waals surface area contributed by atoms with Crippen LogP contribution < -0.4 is 0 Å². The number of unbranched alkanes of at least 4 members (excludes halogenated alkanes) is 6. The van der Waals surface area contributed by atoms with Gasteiger partial charge in [0.05, 0.1) is 0 Å². The summed E-state index contributed by atoms with van der Waals surface area (Å²) in [4.78, 5) is 2.49. The topological polar surface area (TPSA) is 23.5 Å². The molecule has 92 valence electrons. The minimum absolute atomic E-state index is 0.363. The van der Waals surface area contributed by atoms with Gasteiger partial charge in [-0.25, -0.2) is 0 Å². The molecule has 1 N–H and O–H groups in total. The molecule has 2 nitrogen and oxygen atoms in total. The first-order chi connectivity index (χ1) is 7.35. The highest BCUT2D eigenvalue weighted by atomic mass is 16.2. The molecule has 15 heavy (non-hydrogen) atoms. The highest BCUT2D eigenvalue weighted by Gasteiger charge is 1.97. The molecule has 0 aliphatic rings. The molecule has 0 aromatic carbocycles. The van der Waals surface area contributed by atoms with E-state index in [1.54, 1.807) is 0 Å². The van der Waals surface area contributed by atoms with Gasteiger partial charge in [0, 0.05) is 6.61 Å². The van der Waals surface area contributed by atoms with Crippen LogP contribution in [0.25, 0.3) is 0 Å². The lowest BCUT2D eigenvalue weighted by Crippen LogP contribution is -2.23. The second-order valence-electron chi connectivity index (χ2n) is 4.23. The number of aliphatic hydroxyl groups excluding tert-OH is 1. The van der Waals surface area contributed by atoms with E-state index in [1.807, 2.05) is 0 Å². The van der Waals surface area contributed by atoms with Gasteiger partial charge in [-0.15, -0.1) is 0 Å². The van der Waals surface area contributed by atoms with E-state index in [9.17, 15) is 0 Å². The van der Waals surface area contributed by atoms with Gasteiger partial charge in [-0.2, -0.15) is 0 Å². The molecule has 0 saturated carbocycles. The molecule has 0 heterocycles. The van der Waals surface area contributed by atoms with Crippen molar-refractivity contribution in [2.24, 2.45) is 0 Å². The third-order valence-corrected chi connectivity index (χ3v) is 3.03. The van der Waals surface area contributed by atoms with Crippen LogP contribution in [0.2, 0.25) is 0 Å². The van der Waals surface area contributed by atoms with Crippen LogP contribution >= 0.6 is 0 Å². The molecule has 0 fully saturated rings. The third-order valence-electron chi connectivity index (χ3n) is 3.03. The smallest absolute Gasteiger partial charge is 0.0431 e. The molecule has 0 saturated heterocycles. The Morgan fingerprint density at radius 3 is 1.67 bits per heavy atom. The summed E-state index contributed by atoms with van der Waals surface area (Å²) in [5, 5.41) is 8.62. The zero-order valence-corrected chi connectivity index (χ0v) is 10.7. The molecular weight excluding hydrogens is 186 g/mol. The van der Waals surface area contributed by atoms with Crippen LogP contribution in [0, 0.1) is 0 Å². The van der Waals surface area contributed by atoms with Gasteiger partial charge in [0.15, 0.2) is 0 Å². The summed E-state index contributed by atoms with van der Waals surface area (Å²) in [5.41, 5.74) is 0. The van der Waals surface area contributed by atoms with Crippen LogP contribution in [-0.2, 0) is 0 Å². The molecule has 0 aliphatic carbocycles. The molecule has 0 spiro atoms.